The van der Waals surface area contributed by atoms with E-state index in [1.165, 1.54) is 16.4 Å². The first-order valence-electron chi connectivity index (χ1n) is 9.52. The summed E-state index contributed by atoms with van der Waals surface area (Å²) in [5.74, 6) is -0.729. The maximum atomic E-state index is 12.6. The topological polar surface area (TPSA) is 96.0 Å². The molecular formula is C19H27N3O5S. The number of carbonyl (C=O) groups excluding carboxylic acids is 2. The van der Waals surface area contributed by atoms with Crippen LogP contribution in [0.1, 0.15) is 26.2 Å². The van der Waals surface area contributed by atoms with E-state index >= 15 is 0 Å². The highest BCUT2D eigenvalue weighted by Gasteiger charge is 2.36. The zero-order chi connectivity index (χ0) is 20.3. The zero-order valence-electron chi connectivity index (χ0n) is 16.3. The summed E-state index contributed by atoms with van der Waals surface area (Å²) in [6.45, 7) is 3.77. The molecule has 1 aromatic rings. The second kappa shape index (κ2) is 8.59. The Bertz CT molecular complexity index is 818. The number of ether oxygens (including phenoxy) is 1. The van der Waals surface area contributed by atoms with E-state index in [1.54, 1.807) is 24.1 Å². The first-order chi connectivity index (χ1) is 13.3. The SMILES string of the molecule is COC[C@@H](C)N1C[C@@H](C(=O)Nc2ccc(S(=O)(=O)N3CCCC3)cc2)CC1=O. The molecule has 2 aliphatic heterocycles. The molecule has 0 saturated carbocycles. The molecule has 3 rings (SSSR count). The van der Waals surface area contributed by atoms with Crippen molar-refractivity contribution >= 4 is 27.5 Å². The third-order valence-corrected chi connectivity index (χ3v) is 7.21. The van der Waals surface area contributed by atoms with Gasteiger partial charge in [0.15, 0.2) is 0 Å². The molecule has 2 saturated heterocycles. The van der Waals surface area contributed by atoms with E-state index in [4.69, 9.17) is 4.74 Å². The summed E-state index contributed by atoms with van der Waals surface area (Å²) in [6, 6.07) is 6.11. The van der Waals surface area contributed by atoms with E-state index in [9.17, 15) is 18.0 Å². The Hall–Kier alpha value is -1.97. The minimum Gasteiger partial charge on any atom is -0.383 e. The van der Waals surface area contributed by atoms with Gasteiger partial charge < -0.3 is 15.0 Å². The lowest BCUT2D eigenvalue weighted by Gasteiger charge is -2.23. The predicted octanol–water partition coefficient (Wildman–Crippen LogP) is 1.29. The van der Waals surface area contributed by atoms with Gasteiger partial charge in [0, 0.05) is 38.9 Å². The van der Waals surface area contributed by atoms with Gasteiger partial charge in [-0.15, -0.1) is 0 Å². The number of likely N-dealkylation sites (tertiary alicyclic amines) is 1. The van der Waals surface area contributed by atoms with Crippen LogP contribution in [0.3, 0.4) is 0 Å². The fraction of sp³-hybridized carbons (Fsp3) is 0.579. The highest BCUT2D eigenvalue weighted by Crippen LogP contribution is 2.24. The highest BCUT2D eigenvalue weighted by molar-refractivity contribution is 7.89. The van der Waals surface area contributed by atoms with Crippen molar-refractivity contribution in [2.45, 2.75) is 37.1 Å². The van der Waals surface area contributed by atoms with Gasteiger partial charge in [0.1, 0.15) is 0 Å². The van der Waals surface area contributed by atoms with Crippen LogP contribution in [0, 0.1) is 5.92 Å². The van der Waals surface area contributed by atoms with Crippen molar-refractivity contribution in [2.75, 3.05) is 38.7 Å². The molecular weight excluding hydrogens is 382 g/mol. The number of hydrogen-bond donors (Lipinski definition) is 1. The molecule has 1 N–H and O–H groups in total. The van der Waals surface area contributed by atoms with Crippen molar-refractivity contribution in [1.82, 2.24) is 9.21 Å². The van der Waals surface area contributed by atoms with Crippen molar-refractivity contribution < 1.29 is 22.7 Å². The number of rotatable bonds is 7. The van der Waals surface area contributed by atoms with Gasteiger partial charge in [-0.05, 0) is 44.0 Å². The van der Waals surface area contributed by atoms with Gasteiger partial charge in [0.25, 0.3) is 0 Å². The molecule has 0 radical (unpaired) electrons. The molecule has 0 spiro atoms. The number of amides is 2. The molecule has 28 heavy (non-hydrogen) atoms. The van der Waals surface area contributed by atoms with Crippen molar-refractivity contribution in [3.8, 4) is 0 Å². The standard InChI is InChI=1S/C19H27N3O5S/c1-14(13-27-2)22-12-15(11-18(22)23)19(24)20-16-5-7-17(8-6-16)28(25,26)21-9-3-4-10-21/h5-8,14-15H,3-4,9-13H2,1-2H3,(H,20,24)/t14-,15+/m1/s1. The first kappa shape index (κ1) is 20.8. The maximum absolute atomic E-state index is 12.6. The van der Waals surface area contributed by atoms with Crippen LogP contribution >= 0.6 is 0 Å². The molecule has 0 bridgehead atoms. The normalized spacial score (nSPS) is 21.9. The van der Waals surface area contributed by atoms with E-state index in [2.05, 4.69) is 5.32 Å². The summed E-state index contributed by atoms with van der Waals surface area (Å²) in [5.41, 5.74) is 0.515. The van der Waals surface area contributed by atoms with Gasteiger partial charge in [0.05, 0.1) is 23.5 Å². The summed E-state index contributed by atoms with van der Waals surface area (Å²) in [7, 11) is -1.89. The average molecular weight is 410 g/mol. The van der Waals surface area contributed by atoms with Gasteiger partial charge in [-0.1, -0.05) is 0 Å². The Balaban J connectivity index is 1.61. The Morgan fingerprint density at radius 2 is 1.89 bits per heavy atom. The number of methoxy groups -OCH3 is 1. The second-order valence-corrected chi connectivity index (χ2v) is 9.31. The molecule has 154 valence electrons. The summed E-state index contributed by atoms with van der Waals surface area (Å²) < 4.78 is 31.7. The number of hydrogen-bond acceptors (Lipinski definition) is 5. The highest BCUT2D eigenvalue weighted by atomic mass is 32.2. The Labute approximate surface area is 165 Å². The van der Waals surface area contributed by atoms with E-state index in [1.807, 2.05) is 6.92 Å². The van der Waals surface area contributed by atoms with Crippen molar-refractivity contribution in [3.05, 3.63) is 24.3 Å². The van der Waals surface area contributed by atoms with Crippen molar-refractivity contribution in [3.63, 3.8) is 0 Å². The molecule has 2 heterocycles. The van der Waals surface area contributed by atoms with Crippen LogP contribution in [0.5, 0.6) is 0 Å². The fourth-order valence-corrected chi connectivity index (χ4v) is 5.21. The van der Waals surface area contributed by atoms with Crippen LogP contribution in [0.25, 0.3) is 0 Å². The first-order valence-corrected chi connectivity index (χ1v) is 11.0. The quantitative estimate of drug-likeness (QED) is 0.732. The smallest absolute Gasteiger partial charge is 0.243 e. The number of anilines is 1. The van der Waals surface area contributed by atoms with Gasteiger partial charge in [-0.2, -0.15) is 4.31 Å². The van der Waals surface area contributed by atoms with Gasteiger partial charge in [0.2, 0.25) is 21.8 Å². The largest absolute Gasteiger partial charge is 0.383 e. The van der Waals surface area contributed by atoms with Crippen LogP contribution in [-0.2, 0) is 24.3 Å². The minimum atomic E-state index is -3.47. The fourth-order valence-electron chi connectivity index (χ4n) is 3.70. The van der Waals surface area contributed by atoms with Gasteiger partial charge in [-0.25, -0.2) is 8.42 Å². The van der Waals surface area contributed by atoms with Gasteiger partial charge >= 0.3 is 0 Å². The molecule has 0 unspecified atom stereocenters. The maximum Gasteiger partial charge on any atom is 0.243 e. The number of benzene rings is 1. The average Bonchev–Trinajstić information content (AvgIpc) is 3.32. The van der Waals surface area contributed by atoms with Crippen molar-refractivity contribution in [1.29, 1.82) is 0 Å². The van der Waals surface area contributed by atoms with Crippen LogP contribution in [0.4, 0.5) is 5.69 Å². The summed E-state index contributed by atoms with van der Waals surface area (Å²) in [4.78, 5) is 26.6. The van der Waals surface area contributed by atoms with Crippen LogP contribution in [0.15, 0.2) is 29.2 Å². The third-order valence-electron chi connectivity index (χ3n) is 5.29. The van der Waals surface area contributed by atoms with Crippen LogP contribution in [-0.4, -0.2) is 68.8 Å². The molecule has 2 aliphatic rings. The van der Waals surface area contributed by atoms with Crippen molar-refractivity contribution in [2.24, 2.45) is 5.92 Å². The van der Waals surface area contributed by atoms with E-state index in [0.29, 0.717) is 31.9 Å². The van der Waals surface area contributed by atoms with Gasteiger partial charge in [-0.3, -0.25) is 9.59 Å². The molecule has 2 fully saturated rings. The molecule has 2 amide bonds. The lowest BCUT2D eigenvalue weighted by atomic mass is 10.1. The Kier molecular flexibility index (Phi) is 6.36. The number of nitrogens with zero attached hydrogens (tertiary/aromatic N) is 2. The Morgan fingerprint density at radius 3 is 2.50 bits per heavy atom. The second-order valence-electron chi connectivity index (χ2n) is 7.38. The molecule has 1 aromatic carbocycles. The summed E-state index contributed by atoms with van der Waals surface area (Å²) >= 11 is 0. The predicted molar refractivity (Wildman–Crippen MR) is 104 cm³/mol. The molecule has 0 aromatic heterocycles. The lowest BCUT2D eigenvalue weighted by Crippen LogP contribution is -2.38. The zero-order valence-corrected chi connectivity index (χ0v) is 17.1. The summed E-state index contributed by atoms with van der Waals surface area (Å²) in [6.07, 6.45) is 1.93. The third kappa shape index (κ3) is 4.37. The van der Waals surface area contributed by atoms with E-state index in [0.717, 1.165) is 12.8 Å². The number of nitrogens with one attached hydrogen (secondary N) is 1. The monoisotopic (exact) mass is 409 g/mol. The minimum absolute atomic E-state index is 0.0586. The van der Waals surface area contributed by atoms with Crippen LogP contribution in [0.2, 0.25) is 0 Å². The molecule has 8 nitrogen and oxygen atoms in total. The lowest BCUT2D eigenvalue weighted by molar-refractivity contribution is -0.130. The molecule has 2 atom stereocenters. The summed E-state index contributed by atoms with van der Waals surface area (Å²) in [5, 5.41) is 2.79. The van der Waals surface area contributed by atoms with Crippen LogP contribution < -0.4 is 5.32 Å². The number of carbonyl (C=O) groups is 2. The van der Waals surface area contributed by atoms with E-state index in [-0.39, 0.29) is 29.2 Å². The Morgan fingerprint density at radius 1 is 1.25 bits per heavy atom. The number of sulfonamides is 1. The van der Waals surface area contributed by atoms with E-state index < -0.39 is 15.9 Å². The molecule has 9 heteroatoms. The molecule has 0 aliphatic carbocycles.